The zero-order valence-electron chi connectivity index (χ0n) is 10.4. The van der Waals surface area contributed by atoms with Gasteiger partial charge in [0, 0.05) is 11.9 Å². The van der Waals surface area contributed by atoms with E-state index in [-0.39, 0.29) is 10.6 Å². The number of nitriles is 1. The average Bonchev–Trinajstić information content (AvgIpc) is 2.40. The van der Waals surface area contributed by atoms with Gasteiger partial charge in [-0.05, 0) is 31.2 Å². The van der Waals surface area contributed by atoms with E-state index < -0.39 is 5.91 Å². The lowest BCUT2D eigenvalue weighted by Gasteiger charge is -2.08. The molecule has 0 bridgehead atoms. The molecular formula is C14H9Cl2N3O. The van der Waals surface area contributed by atoms with Crippen LogP contribution in [0.3, 0.4) is 0 Å². The molecular weight excluding hydrogens is 297 g/mol. The number of pyridine rings is 1. The summed E-state index contributed by atoms with van der Waals surface area (Å²) in [7, 11) is 0. The lowest BCUT2D eigenvalue weighted by molar-refractivity contribution is 0.102. The van der Waals surface area contributed by atoms with E-state index in [9.17, 15) is 4.79 Å². The Kier molecular flexibility index (Phi) is 4.23. The van der Waals surface area contributed by atoms with E-state index in [2.05, 4.69) is 10.3 Å². The maximum Gasteiger partial charge on any atom is 0.258 e. The van der Waals surface area contributed by atoms with Crippen LogP contribution < -0.4 is 5.32 Å². The van der Waals surface area contributed by atoms with E-state index >= 15 is 0 Å². The van der Waals surface area contributed by atoms with Gasteiger partial charge in [-0.2, -0.15) is 5.26 Å². The minimum absolute atomic E-state index is 0.262. The van der Waals surface area contributed by atoms with Crippen LogP contribution >= 0.6 is 23.2 Å². The van der Waals surface area contributed by atoms with Crippen molar-refractivity contribution in [3.05, 3.63) is 57.3 Å². The summed E-state index contributed by atoms with van der Waals surface area (Å²) in [6.45, 7) is 1.78. The van der Waals surface area contributed by atoms with Crippen LogP contribution in [0.1, 0.15) is 21.6 Å². The zero-order valence-corrected chi connectivity index (χ0v) is 12.0. The normalized spacial score (nSPS) is 9.90. The number of amides is 1. The fourth-order valence-electron chi connectivity index (χ4n) is 1.57. The molecule has 100 valence electrons. The van der Waals surface area contributed by atoms with E-state index in [1.807, 2.05) is 6.07 Å². The van der Waals surface area contributed by atoms with Crippen LogP contribution in [-0.4, -0.2) is 10.9 Å². The van der Waals surface area contributed by atoms with Gasteiger partial charge in [-0.25, -0.2) is 0 Å². The average molecular weight is 306 g/mol. The number of rotatable bonds is 2. The van der Waals surface area contributed by atoms with Crippen LogP contribution in [0, 0.1) is 18.3 Å². The van der Waals surface area contributed by atoms with Crippen molar-refractivity contribution in [2.75, 3.05) is 5.32 Å². The molecule has 4 nitrogen and oxygen atoms in total. The predicted molar refractivity (Wildman–Crippen MR) is 78.1 cm³/mol. The van der Waals surface area contributed by atoms with Crippen LogP contribution in [0.2, 0.25) is 10.0 Å². The number of halogens is 2. The number of hydrogen-bond acceptors (Lipinski definition) is 3. The van der Waals surface area contributed by atoms with Crippen molar-refractivity contribution < 1.29 is 4.79 Å². The molecule has 1 heterocycles. The van der Waals surface area contributed by atoms with E-state index in [0.29, 0.717) is 16.3 Å². The summed E-state index contributed by atoms with van der Waals surface area (Å²) >= 11 is 12.0. The molecule has 0 atom stereocenters. The van der Waals surface area contributed by atoms with Gasteiger partial charge >= 0.3 is 0 Å². The van der Waals surface area contributed by atoms with E-state index in [1.54, 1.807) is 25.1 Å². The highest BCUT2D eigenvalue weighted by Crippen LogP contribution is 2.24. The van der Waals surface area contributed by atoms with E-state index in [4.69, 9.17) is 28.5 Å². The summed E-state index contributed by atoms with van der Waals surface area (Å²) in [5.74, 6) is -0.408. The largest absolute Gasteiger partial charge is 0.321 e. The Balaban J connectivity index is 2.26. The lowest BCUT2D eigenvalue weighted by atomic mass is 10.2. The fourth-order valence-corrected chi connectivity index (χ4v) is 2.09. The molecule has 0 fully saturated rings. The van der Waals surface area contributed by atoms with Crippen molar-refractivity contribution in [1.82, 2.24) is 4.98 Å². The number of nitrogens with zero attached hydrogens (tertiary/aromatic N) is 2. The van der Waals surface area contributed by atoms with Crippen molar-refractivity contribution in [2.45, 2.75) is 6.92 Å². The number of anilines is 1. The van der Waals surface area contributed by atoms with Gasteiger partial charge in [-0.15, -0.1) is 0 Å². The first kappa shape index (κ1) is 14.3. The molecule has 0 radical (unpaired) electrons. The van der Waals surface area contributed by atoms with Gasteiger partial charge in [0.05, 0.1) is 32.9 Å². The van der Waals surface area contributed by atoms with Crippen LogP contribution in [-0.2, 0) is 0 Å². The van der Waals surface area contributed by atoms with Gasteiger partial charge < -0.3 is 5.32 Å². The summed E-state index contributed by atoms with van der Waals surface area (Å²) in [5.41, 5.74) is 1.82. The van der Waals surface area contributed by atoms with Crippen molar-refractivity contribution in [3.63, 3.8) is 0 Å². The first-order chi connectivity index (χ1) is 9.51. The molecule has 20 heavy (non-hydrogen) atoms. The summed E-state index contributed by atoms with van der Waals surface area (Å²) < 4.78 is 0. The first-order valence-electron chi connectivity index (χ1n) is 5.64. The zero-order chi connectivity index (χ0) is 14.7. The number of carbonyl (C=O) groups excluding carboxylic acids is 1. The SMILES string of the molecule is Cc1cc(Cl)c(C(=O)Nc2ccc(C#N)cc2Cl)cn1. The quantitative estimate of drug-likeness (QED) is 0.917. The Morgan fingerprint density at radius 3 is 2.65 bits per heavy atom. The Morgan fingerprint density at radius 2 is 2.05 bits per heavy atom. The molecule has 1 aromatic carbocycles. The summed E-state index contributed by atoms with van der Waals surface area (Å²) in [6.07, 6.45) is 1.41. The number of carbonyl (C=O) groups is 1. The number of benzene rings is 1. The smallest absolute Gasteiger partial charge is 0.258 e. The maximum absolute atomic E-state index is 12.1. The van der Waals surface area contributed by atoms with E-state index in [1.165, 1.54) is 12.3 Å². The Hall–Kier alpha value is -2.09. The third-order valence-corrected chi connectivity index (χ3v) is 3.21. The van der Waals surface area contributed by atoms with E-state index in [0.717, 1.165) is 5.69 Å². The van der Waals surface area contributed by atoms with Gasteiger partial charge in [0.25, 0.3) is 5.91 Å². The van der Waals surface area contributed by atoms with Crippen molar-refractivity contribution >= 4 is 34.8 Å². The molecule has 0 spiro atoms. The molecule has 1 N–H and O–H groups in total. The third-order valence-electron chi connectivity index (χ3n) is 2.58. The van der Waals surface area contributed by atoms with Crippen molar-refractivity contribution in [3.8, 4) is 6.07 Å². The molecule has 0 saturated carbocycles. The van der Waals surface area contributed by atoms with Crippen LogP contribution in [0.15, 0.2) is 30.5 Å². The Bertz CT molecular complexity index is 723. The van der Waals surface area contributed by atoms with Crippen LogP contribution in [0.25, 0.3) is 0 Å². The standard InChI is InChI=1S/C14H9Cl2N3O/c1-8-4-11(15)10(7-18-8)14(20)19-13-3-2-9(6-17)5-12(13)16/h2-5,7H,1H3,(H,19,20). The monoisotopic (exact) mass is 305 g/mol. The van der Waals surface area contributed by atoms with Gasteiger partial charge in [-0.1, -0.05) is 23.2 Å². The maximum atomic E-state index is 12.1. The predicted octanol–water partition coefficient (Wildman–Crippen LogP) is 3.82. The second kappa shape index (κ2) is 5.91. The number of aromatic nitrogens is 1. The highest BCUT2D eigenvalue weighted by molar-refractivity contribution is 6.36. The molecule has 1 amide bonds. The summed E-state index contributed by atoms with van der Waals surface area (Å²) in [6, 6.07) is 8.18. The topological polar surface area (TPSA) is 65.8 Å². The Morgan fingerprint density at radius 1 is 1.30 bits per heavy atom. The molecule has 0 saturated heterocycles. The summed E-state index contributed by atoms with van der Waals surface area (Å²) in [4.78, 5) is 16.1. The highest BCUT2D eigenvalue weighted by atomic mass is 35.5. The third kappa shape index (κ3) is 3.08. The first-order valence-corrected chi connectivity index (χ1v) is 6.40. The molecule has 6 heteroatoms. The van der Waals surface area contributed by atoms with Gasteiger partial charge in [-0.3, -0.25) is 9.78 Å². The van der Waals surface area contributed by atoms with Gasteiger partial charge in [0.1, 0.15) is 0 Å². The molecule has 2 rings (SSSR count). The van der Waals surface area contributed by atoms with Crippen LogP contribution in [0.5, 0.6) is 0 Å². The van der Waals surface area contributed by atoms with Crippen molar-refractivity contribution in [1.29, 1.82) is 5.26 Å². The molecule has 0 aliphatic carbocycles. The minimum Gasteiger partial charge on any atom is -0.321 e. The van der Waals surface area contributed by atoms with Crippen molar-refractivity contribution in [2.24, 2.45) is 0 Å². The fraction of sp³-hybridized carbons (Fsp3) is 0.0714. The van der Waals surface area contributed by atoms with Gasteiger partial charge in [0.15, 0.2) is 0 Å². The number of aryl methyl sites for hydroxylation is 1. The number of hydrogen-bond donors (Lipinski definition) is 1. The van der Waals surface area contributed by atoms with Crippen LogP contribution in [0.4, 0.5) is 5.69 Å². The molecule has 0 aliphatic heterocycles. The Labute approximate surface area is 126 Å². The molecule has 0 unspecified atom stereocenters. The lowest BCUT2D eigenvalue weighted by Crippen LogP contribution is -2.13. The molecule has 1 aromatic heterocycles. The molecule has 2 aromatic rings. The molecule has 0 aliphatic rings. The minimum atomic E-state index is -0.408. The van der Waals surface area contributed by atoms with Gasteiger partial charge in [0.2, 0.25) is 0 Å². The second-order valence-electron chi connectivity index (χ2n) is 4.07. The highest BCUT2D eigenvalue weighted by Gasteiger charge is 2.13. The number of nitrogens with one attached hydrogen (secondary N) is 1. The second-order valence-corrected chi connectivity index (χ2v) is 4.88. The summed E-state index contributed by atoms with van der Waals surface area (Å²) in [5, 5.41) is 12.0.